The molecule has 0 saturated carbocycles. The Balaban J connectivity index is 2.39. The van der Waals surface area contributed by atoms with Crippen molar-refractivity contribution in [3.05, 3.63) is 0 Å². The lowest BCUT2D eigenvalue weighted by Gasteiger charge is -2.36. The van der Waals surface area contributed by atoms with Gasteiger partial charge in [0.1, 0.15) is 0 Å². The second-order valence-corrected chi connectivity index (χ2v) is 5.46. The fourth-order valence-electron chi connectivity index (χ4n) is 2.18. The van der Waals surface area contributed by atoms with Crippen LogP contribution in [0.25, 0.3) is 0 Å². The SMILES string of the molecule is CC(C)OCCN(C)C(=O)C1(C)CCNCC1. The normalized spacial score (nSPS) is 19.4. The van der Waals surface area contributed by atoms with E-state index in [-0.39, 0.29) is 17.4 Å². The molecule has 4 heteroatoms. The standard InChI is InChI=1S/C13H26N2O2/c1-11(2)17-10-9-15(4)12(16)13(3)5-7-14-8-6-13/h11,14H,5-10H2,1-4H3. The Morgan fingerprint density at radius 2 is 2.00 bits per heavy atom. The number of hydrogen-bond acceptors (Lipinski definition) is 3. The van der Waals surface area contributed by atoms with Gasteiger partial charge in [0.05, 0.1) is 12.7 Å². The van der Waals surface area contributed by atoms with E-state index in [1.54, 1.807) is 0 Å². The third-order valence-corrected chi connectivity index (χ3v) is 3.45. The average molecular weight is 242 g/mol. The van der Waals surface area contributed by atoms with Crippen molar-refractivity contribution in [1.82, 2.24) is 10.2 Å². The molecule has 100 valence electrons. The zero-order valence-electron chi connectivity index (χ0n) is 11.6. The van der Waals surface area contributed by atoms with E-state index >= 15 is 0 Å². The van der Waals surface area contributed by atoms with Gasteiger partial charge in [-0.2, -0.15) is 0 Å². The van der Waals surface area contributed by atoms with Crippen LogP contribution in [0.3, 0.4) is 0 Å². The maximum absolute atomic E-state index is 12.3. The molecule has 1 aliphatic rings. The van der Waals surface area contributed by atoms with Crippen LogP contribution in [0.4, 0.5) is 0 Å². The number of rotatable bonds is 5. The van der Waals surface area contributed by atoms with E-state index in [1.165, 1.54) is 0 Å². The zero-order chi connectivity index (χ0) is 12.9. The number of hydrogen-bond donors (Lipinski definition) is 1. The molecule has 0 aromatic carbocycles. The second kappa shape index (κ2) is 6.36. The molecule has 0 unspecified atom stereocenters. The Hall–Kier alpha value is -0.610. The predicted octanol–water partition coefficient (Wildman–Crippen LogP) is 1.26. The van der Waals surface area contributed by atoms with Gasteiger partial charge in [-0.05, 0) is 39.8 Å². The summed E-state index contributed by atoms with van der Waals surface area (Å²) in [5, 5.41) is 3.30. The highest BCUT2D eigenvalue weighted by atomic mass is 16.5. The summed E-state index contributed by atoms with van der Waals surface area (Å²) in [5.74, 6) is 0.256. The summed E-state index contributed by atoms with van der Waals surface area (Å²) in [5.41, 5.74) is -0.183. The molecule has 0 aromatic rings. The van der Waals surface area contributed by atoms with E-state index in [2.05, 4.69) is 12.2 Å². The van der Waals surface area contributed by atoms with E-state index < -0.39 is 0 Å². The third-order valence-electron chi connectivity index (χ3n) is 3.45. The monoisotopic (exact) mass is 242 g/mol. The van der Waals surface area contributed by atoms with E-state index in [4.69, 9.17) is 4.74 Å². The summed E-state index contributed by atoms with van der Waals surface area (Å²) < 4.78 is 5.48. The molecule has 1 rings (SSSR count). The Bertz CT molecular complexity index is 248. The van der Waals surface area contributed by atoms with Gasteiger partial charge in [0.25, 0.3) is 0 Å². The molecule has 1 saturated heterocycles. The van der Waals surface area contributed by atoms with Gasteiger partial charge in [-0.1, -0.05) is 6.92 Å². The summed E-state index contributed by atoms with van der Waals surface area (Å²) >= 11 is 0. The van der Waals surface area contributed by atoms with Crippen LogP contribution in [-0.4, -0.2) is 50.2 Å². The molecule has 0 atom stereocenters. The molecule has 0 radical (unpaired) electrons. The fraction of sp³-hybridized carbons (Fsp3) is 0.923. The highest BCUT2D eigenvalue weighted by Gasteiger charge is 2.36. The maximum atomic E-state index is 12.3. The van der Waals surface area contributed by atoms with E-state index in [1.807, 2.05) is 25.8 Å². The predicted molar refractivity (Wildman–Crippen MR) is 68.9 cm³/mol. The van der Waals surface area contributed by atoms with Crippen LogP contribution < -0.4 is 5.32 Å². The number of ether oxygens (including phenoxy) is 1. The Kier molecular flexibility index (Phi) is 5.40. The van der Waals surface area contributed by atoms with Crippen molar-refractivity contribution in [2.24, 2.45) is 5.41 Å². The van der Waals surface area contributed by atoms with Crippen molar-refractivity contribution in [3.63, 3.8) is 0 Å². The van der Waals surface area contributed by atoms with Gasteiger partial charge in [0.15, 0.2) is 0 Å². The lowest BCUT2D eigenvalue weighted by atomic mass is 9.80. The molecule has 0 spiro atoms. The quantitative estimate of drug-likeness (QED) is 0.789. The number of amides is 1. The summed E-state index contributed by atoms with van der Waals surface area (Å²) in [6, 6.07) is 0. The van der Waals surface area contributed by atoms with Crippen molar-refractivity contribution in [1.29, 1.82) is 0 Å². The van der Waals surface area contributed by atoms with Crippen LogP contribution in [0, 0.1) is 5.41 Å². The molecule has 1 aliphatic heterocycles. The van der Waals surface area contributed by atoms with Crippen molar-refractivity contribution < 1.29 is 9.53 Å². The summed E-state index contributed by atoms with van der Waals surface area (Å²) in [6.07, 6.45) is 2.09. The number of carbonyl (C=O) groups is 1. The van der Waals surface area contributed by atoms with Crippen LogP contribution in [0.15, 0.2) is 0 Å². The minimum absolute atomic E-state index is 0.183. The average Bonchev–Trinajstić information content (AvgIpc) is 2.28. The minimum Gasteiger partial charge on any atom is -0.377 e. The largest absolute Gasteiger partial charge is 0.377 e. The maximum Gasteiger partial charge on any atom is 0.228 e. The van der Waals surface area contributed by atoms with Gasteiger partial charge in [-0.3, -0.25) is 4.79 Å². The molecule has 1 heterocycles. The van der Waals surface area contributed by atoms with Gasteiger partial charge in [-0.25, -0.2) is 0 Å². The van der Waals surface area contributed by atoms with Crippen LogP contribution in [-0.2, 0) is 9.53 Å². The molecule has 17 heavy (non-hydrogen) atoms. The lowest BCUT2D eigenvalue weighted by Crippen LogP contribution is -2.47. The molecule has 1 fully saturated rings. The minimum atomic E-state index is -0.183. The number of nitrogens with one attached hydrogen (secondary N) is 1. The number of piperidine rings is 1. The Morgan fingerprint density at radius 3 is 2.53 bits per heavy atom. The van der Waals surface area contributed by atoms with Gasteiger partial charge >= 0.3 is 0 Å². The van der Waals surface area contributed by atoms with Crippen molar-refractivity contribution in [2.75, 3.05) is 33.3 Å². The number of nitrogens with zero attached hydrogens (tertiary/aromatic N) is 1. The van der Waals surface area contributed by atoms with Gasteiger partial charge in [0.2, 0.25) is 5.91 Å². The smallest absolute Gasteiger partial charge is 0.228 e. The Labute approximate surface area is 105 Å². The van der Waals surface area contributed by atoms with Gasteiger partial charge < -0.3 is 15.0 Å². The van der Waals surface area contributed by atoms with Crippen LogP contribution in [0.2, 0.25) is 0 Å². The van der Waals surface area contributed by atoms with Crippen LogP contribution in [0.1, 0.15) is 33.6 Å². The van der Waals surface area contributed by atoms with E-state index in [0.717, 1.165) is 25.9 Å². The lowest BCUT2D eigenvalue weighted by molar-refractivity contribution is -0.142. The number of carbonyl (C=O) groups excluding carboxylic acids is 1. The van der Waals surface area contributed by atoms with E-state index in [0.29, 0.717) is 13.2 Å². The van der Waals surface area contributed by atoms with Gasteiger partial charge in [0, 0.05) is 19.0 Å². The highest BCUT2D eigenvalue weighted by molar-refractivity contribution is 5.82. The molecule has 1 N–H and O–H groups in total. The first-order valence-electron chi connectivity index (χ1n) is 6.53. The van der Waals surface area contributed by atoms with E-state index in [9.17, 15) is 4.79 Å². The summed E-state index contributed by atoms with van der Waals surface area (Å²) in [7, 11) is 1.87. The molecule has 4 nitrogen and oxygen atoms in total. The van der Waals surface area contributed by atoms with Crippen LogP contribution >= 0.6 is 0 Å². The molecular weight excluding hydrogens is 216 g/mol. The van der Waals surface area contributed by atoms with Gasteiger partial charge in [-0.15, -0.1) is 0 Å². The van der Waals surface area contributed by atoms with Crippen molar-refractivity contribution in [3.8, 4) is 0 Å². The van der Waals surface area contributed by atoms with Crippen molar-refractivity contribution >= 4 is 5.91 Å². The first kappa shape index (κ1) is 14.5. The van der Waals surface area contributed by atoms with Crippen LogP contribution in [0.5, 0.6) is 0 Å². The number of likely N-dealkylation sites (N-methyl/N-ethyl adjacent to an activating group) is 1. The molecule has 1 amide bonds. The topological polar surface area (TPSA) is 41.6 Å². The summed E-state index contributed by atoms with van der Waals surface area (Å²) in [4.78, 5) is 14.2. The molecule has 0 bridgehead atoms. The molecular formula is C13H26N2O2. The first-order chi connectivity index (χ1) is 7.96. The van der Waals surface area contributed by atoms with Crippen molar-refractivity contribution in [2.45, 2.75) is 39.7 Å². The zero-order valence-corrected chi connectivity index (χ0v) is 11.6. The second-order valence-electron chi connectivity index (χ2n) is 5.46. The highest BCUT2D eigenvalue weighted by Crippen LogP contribution is 2.29. The molecule has 0 aliphatic carbocycles. The Morgan fingerprint density at radius 1 is 1.41 bits per heavy atom. The summed E-state index contributed by atoms with van der Waals surface area (Å²) in [6.45, 7) is 9.28. The molecule has 0 aromatic heterocycles. The first-order valence-corrected chi connectivity index (χ1v) is 6.53. The fourth-order valence-corrected chi connectivity index (χ4v) is 2.18. The third kappa shape index (κ3) is 4.28.